The summed E-state index contributed by atoms with van der Waals surface area (Å²) in [4.78, 5) is 14.3. The van der Waals surface area contributed by atoms with Gasteiger partial charge in [-0.25, -0.2) is 4.79 Å². The molecule has 0 amide bonds. The van der Waals surface area contributed by atoms with Gasteiger partial charge in [0.05, 0.1) is 12.2 Å². The fourth-order valence-electron chi connectivity index (χ4n) is 4.18. The molecule has 4 aromatic rings. The molecule has 4 aromatic carbocycles. The molecule has 182 valence electrons. The molecule has 0 aliphatic rings. The van der Waals surface area contributed by atoms with Gasteiger partial charge in [-0.05, 0) is 110 Å². The Balaban J connectivity index is 1.67. The fraction of sp³-hybridized carbons (Fsp3) is 0.182. The molecule has 0 radical (unpaired) electrons. The van der Waals surface area contributed by atoms with Gasteiger partial charge in [0, 0.05) is 17.1 Å². The lowest BCUT2D eigenvalue weighted by Gasteiger charge is -2.27. The van der Waals surface area contributed by atoms with Crippen molar-refractivity contribution >= 4 is 28.6 Å². The van der Waals surface area contributed by atoms with Crippen LogP contribution in [0.15, 0.2) is 91.5 Å². The number of hydrogen-bond acceptors (Lipinski definition) is 3. The van der Waals surface area contributed by atoms with Gasteiger partial charge < -0.3 is 9.64 Å². The molecular formula is C33H33NO2. The van der Waals surface area contributed by atoms with Crippen LogP contribution in [0.1, 0.15) is 34.7 Å². The van der Waals surface area contributed by atoms with Crippen LogP contribution in [0.2, 0.25) is 0 Å². The Labute approximate surface area is 214 Å². The summed E-state index contributed by atoms with van der Waals surface area (Å²) in [7, 11) is 0. The van der Waals surface area contributed by atoms with Gasteiger partial charge in [0.2, 0.25) is 0 Å². The van der Waals surface area contributed by atoms with E-state index in [2.05, 4.69) is 99.8 Å². The molecule has 0 saturated carbocycles. The molecular weight excluding hydrogens is 442 g/mol. The number of carbonyl (C=O) groups is 1. The van der Waals surface area contributed by atoms with Crippen molar-refractivity contribution in [3.8, 4) is 11.1 Å². The molecule has 0 aromatic heterocycles. The van der Waals surface area contributed by atoms with Crippen LogP contribution >= 0.6 is 0 Å². The van der Waals surface area contributed by atoms with Gasteiger partial charge in [0.1, 0.15) is 0 Å². The first kappa shape index (κ1) is 25.0. The summed E-state index contributed by atoms with van der Waals surface area (Å²) >= 11 is 0. The first-order chi connectivity index (χ1) is 17.3. The Kier molecular flexibility index (Phi) is 7.40. The summed E-state index contributed by atoms with van der Waals surface area (Å²) in [6, 6.07) is 29.7. The zero-order valence-electron chi connectivity index (χ0n) is 21.8. The van der Waals surface area contributed by atoms with Crippen LogP contribution in [0.25, 0.3) is 16.7 Å². The monoisotopic (exact) mass is 475 g/mol. The molecule has 0 heterocycles. The van der Waals surface area contributed by atoms with E-state index in [1.807, 2.05) is 24.3 Å². The van der Waals surface area contributed by atoms with E-state index in [-0.39, 0.29) is 5.97 Å². The standard InChI is InChI=1S/C33H33NO2/c1-7-36-33(35)26(6)27-10-12-28(13-11-27)29-14-18-30(19-15-29)34(31-16-8-22(2)24(4)20-31)32-17-9-23(3)25(5)21-32/h8-21H,6-7H2,1-5H3. The second-order valence-corrected chi connectivity index (χ2v) is 9.20. The first-order valence-electron chi connectivity index (χ1n) is 12.3. The predicted octanol–water partition coefficient (Wildman–Crippen LogP) is 8.63. The van der Waals surface area contributed by atoms with Gasteiger partial charge in [0.25, 0.3) is 0 Å². The normalized spacial score (nSPS) is 10.7. The summed E-state index contributed by atoms with van der Waals surface area (Å²) in [5.74, 6) is -0.382. The van der Waals surface area contributed by atoms with Crippen LogP contribution < -0.4 is 4.90 Å². The lowest BCUT2D eigenvalue weighted by Crippen LogP contribution is -2.10. The smallest absolute Gasteiger partial charge is 0.338 e. The van der Waals surface area contributed by atoms with Crippen molar-refractivity contribution in [1.29, 1.82) is 0 Å². The predicted molar refractivity (Wildman–Crippen MR) is 151 cm³/mol. The average molecular weight is 476 g/mol. The van der Waals surface area contributed by atoms with Gasteiger partial charge >= 0.3 is 5.97 Å². The molecule has 3 heteroatoms. The summed E-state index contributed by atoms with van der Waals surface area (Å²) in [6.07, 6.45) is 0. The van der Waals surface area contributed by atoms with Crippen molar-refractivity contribution in [2.45, 2.75) is 34.6 Å². The maximum Gasteiger partial charge on any atom is 0.338 e. The third-order valence-electron chi connectivity index (χ3n) is 6.71. The maximum atomic E-state index is 12.0. The van der Waals surface area contributed by atoms with Gasteiger partial charge in [-0.3, -0.25) is 0 Å². The van der Waals surface area contributed by atoms with Crippen molar-refractivity contribution in [1.82, 2.24) is 0 Å². The third kappa shape index (κ3) is 5.26. The van der Waals surface area contributed by atoms with Crippen LogP contribution in [0, 0.1) is 27.7 Å². The number of aryl methyl sites for hydroxylation is 4. The Morgan fingerprint density at radius 2 is 1.11 bits per heavy atom. The highest BCUT2D eigenvalue weighted by atomic mass is 16.5. The van der Waals surface area contributed by atoms with Gasteiger partial charge in [-0.1, -0.05) is 55.1 Å². The summed E-state index contributed by atoms with van der Waals surface area (Å²) < 4.78 is 5.07. The third-order valence-corrected chi connectivity index (χ3v) is 6.71. The Morgan fingerprint density at radius 1 is 0.667 bits per heavy atom. The van der Waals surface area contributed by atoms with Gasteiger partial charge in [-0.15, -0.1) is 0 Å². The van der Waals surface area contributed by atoms with Crippen molar-refractivity contribution in [2.24, 2.45) is 0 Å². The number of esters is 1. The lowest BCUT2D eigenvalue weighted by atomic mass is 10.0. The molecule has 0 N–H and O–H groups in total. The Bertz CT molecular complexity index is 1350. The number of rotatable bonds is 7. The highest BCUT2D eigenvalue weighted by Crippen LogP contribution is 2.37. The zero-order valence-corrected chi connectivity index (χ0v) is 21.8. The fourth-order valence-corrected chi connectivity index (χ4v) is 4.18. The van der Waals surface area contributed by atoms with Gasteiger partial charge in [-0.2, -0.15) is 0 Å². The molecule has 0 aliphatic heterocycles. The van der Waals surface area contributed by atoms with Crippen molar-refractivity contribution in [3.63, 3.8) is 0 Å². The zero-order chi connectivity index (χ0) is 25.8. The number of nitrogens with zero attached hydrogens (tertiary/aromatic N) is 1. The molecule has 0 unspecified atom stereocenters. The number of anilines is 3. The molecule has 3 nitrogen and oxygen atoms in total. The number of hydrogen-bond donors (Lipinski definition) is 0. The van der Waals surface area contributed by atoms with Crippen molar-refractivity contribution in [2.75, 3.05) is 11.5 Å². The molecule has 0 spiro atoms. The molecule has 0 bridgehead atoms. The van der Waals surface area contributed by atoms with Crippen LogP contribution in [-0.2, 0) is 9.53 Å². The quantitative estimate of drug-likeness (QED) is 0.198. The Morgan fingerprint density at radius 3 is 1.56 bits per heavy atom. The lowest BCUT2D eigenvalue weighted by molar-refractivity contribution is -0.136. The largest absolute Gasteiger partial charge is 0.462 e. The minimum atomic E-state index is -0.382. The summed E-state index contributed by atoms with van der Waals surface area (Å²) in [5, 5.41) is 0. The van der Waals surface area contributed by atoms with Crippen LogP contribution in [0.4, 0.5) is 17.1 Å². The molecule has 36 heavy (non-hydrogen) atoms. The SMILES string of the molecule is C=C(C(=O)OCC)c1ccc(-c2ccc(N(c3ccc(C)c(C)c3)c3ccc(C)c(C)c3)cc2)cc1. The molecule has 0 saturated heterocycles. The number of ether oxygens (including phenoxy) is 1. The average Bonchev–Trinajstić information content (AvgIpc) is 2.88. The molecule has 0 aliphatic carbocycles. The first-order valence-corrected chi connectivity index (χ1v) is 12.3. The van der Waals surface area contributed by atoms with E-state index in [1.165, 1.54) is 22.3 Å². The van der Waals surface area contributed by atoms with E-state index in [4.69, 9.17) is 4.74 Å². The van der Waals surface area contributed by atoms with Gasteiger partial charge in [0.15, 0.2) is 0 Å². The van der Waals surface area contributed by atoms with E-state index in [9.17, 15) is 4.79 Å². The highest BCUT2D eigenvalue weighted by molar-refractivity contribution is 6.15. The van der Waals surface area contributed by atoms with Crippen LogP contribution in [0.5, 0.6) is 0 Å². The van der Waals surface area contributed by atoms with E-state index < -0.39 is 0 Å². The topological polar surface area (TPSA) is 29.5 Å². The molecule has 4 rings (SSSR count). The number of benzene rings is 4. The van der Waals surface area contributed by atoms with Crippen molar-refractivity contribution in [3.05, 3.63) is 119 Å². The van der Waals surface area contributed by atoms with E-state index in [1.54, 1.807) is 6.92 Å². The van der Waals surface area contributed by atoms with E-state index in [0.29, 0.717) is 12.2 Å². The minimum absolute atomic E-state index is 0.337. The summed E-state index contributed by atoms with van der Waals surface area (Å²) in [5.41, 5.74) is 11.8. The van der Waals surface area contributed by atoms with Crippen LogP contribution in [-0.4, -0.2) is 12.6 Å². The molecule has 0 atom stereocenters. The number of carbonyl (C=O) groups excluding carboxylic acids is 1. The summed E-state index contributed by atoms with van der Waals surface area (Å²) in [6.45, 7) is 14.6. The molecule has 0 fully saturated rings. The second-order valence-electron chi connectivity index (χ2n) is 9.20. The minimum Gasteiger partial charge on any atom is -0.462 e. The van der Waals surface area contributed by atoms with E-state index in [0.717, 1.165) is 33.8 Å². The van der Waals surface area contributed by atoms with Crippen LogP contribution in [0.3, 0.4) is 0 Å². The maximum absolute atomic E-state index is 12.0. The second kappa shape index (κ2) is 10.7. The Hall–Kier alpha value is -4.11. The van der Waals surface area contributed by atoms with E-state index >= 15 is 0 Å². The van der Waals surface area contributed by atoms with Crippen molar-refractivity contribution < 1.29 is 9.53 Å². The highest BCUT2D eigenvalue weighted by Gasteiger charge is 2.15.